The molecular formula is C14H24N4O3. The highest BCUT2D eigenvalue weighted by molar-refractivity contribution is 5.97. The van der Waals surface area contributed by atoms with Gasteiger partial charge in [-0.3, -0.25) is 9.48 Å². The molecule has 0 aromatic carbocycles. The van der Waals surface area contributed by atoms with Gasteiger partial charge in [-0.2, -0.15) is 5.10 Å². The monoisotopic (exact) mass is 296 g/mol. The Hall–Kier alpha value is -1.60. The Morgan fingerprint density at radius 3 is 2.71 bits per heavy atom. The third kappa shape index (κ3) is 3.19. The van der Waals surface area contributed by atoms with Crippen molar-refractivity contribution in [1.29, 1.82) is 0 Å². The first-order chi connectivity index (χ1) is 9.88. The lowest BCUT2D eigenvalue weighted by Gasteiger charge is -2.35. The molecule has 1 aromatic heterocycles. The number of aryl methyl sites for hydroxylation is 2. The Morgan fingerprint density at radius 2 is 2.14 bits per heavy atom. The van der Waals surface area contributed by atoms with Crippen LogP contribution in [0.1, 0.15) is 35.9 Å². The largest absolute Gasteiger partial charge is 0.395 e. The van der Waals surface area contributed by atoms with E-state index in [0.29, 0.717) is 49.7 Å². The van der Waals surface area contributed by atoms with Gasteiger partial charge in [-0.15, -0.1) is 0 Å². The Kier molecular flexibility index (Phi) is 4.53. The van der Waals surface area contributed by atoms with Crippen molar-refractivity contribution in [3.05, 3.63) is 11.4 Å². The minimum Gasteiger partial charge on any atom is -0.395 e. The van der Waals surface area contributed by atoms with Gasteiger partial charge in [0, 0.05) is 46.2 Å². The Labute approximate surface area is 124 Å². The molecule has 7 heteroatoms. The van der Waals surface area contributed by atoms with E-state index in [1.54, 1.807) is 18.7 Å². The predicted octanol–water partition coefficient (Wildman–Crippen LogP) is 0.407. The summed E-state index contributed by atoms with van der Waals surface area (Å²) in [6.07, 6.45) is 1.07. The zero-order chi connectivity index (χ0) is 15.6. The fourth-order valence-electron chi connectivity index (χ4n) is 2.65. The number of nitrogens with zero attached hydrogens (tertiary/aromatic N) is 3. The molecule has 0 unspecified atom stereocenters. The van der Waals surface area contributed by atoms with E-state index in [2.05, 4.69) is 5.10 Å². The van der Waals surface area contributed by atoms with Gasteiger partial charge in [0.25, 0.3) is 5.91 Å². The van der Waals surface area contributed by atoms with Crippen LogP contribution in [0.3, 0.4) is 0 Å². The number of aromatic nitrogens is 2. The predicted molar refractivity (Wildman–Crippen MR) is 79.0 cm³/mol. The van der Waals surface area contributed by atoms with E-state index in [-0.39, 0.29) is 12.5 Å². The van der Waals surface area contributed by atoms with Crippen LogP contribution < -0.4 is 5.73 Å². The van der Waals surface area contributed by atoms with Crippen molar-refractivity contribution in [2.24, 2.45) is 0 Å². The van der Waals surface area contributed by atoms with Gasteiger partial charge < -0.3 is 20.5 Å². The normalized spacial score (nSPS) is 17.7. The average molecular weight is 296 g/mol. The van der Waals surface area contributed by atoms with Crippen LogP contribution >= 0.6 is 0 Å². The first kappa shape index (κ1) is 15.8. The van der Waals surface area contributed by atoms with E-state index >= 15 is 0 Å². The molecule has 0 atom stereocenters. The molecule has 2 heterocycles. The van der Waals surface area contributed by atoms with Gasteiger partial charge in [0.2, 0.25) is 0 Å². The standard InChI is InChI=1S/C14H24N4O3/c1-4-18-12(11(15)10(2)16-18)13(19)17(3)9-14(20)5-7-21-8-6-14/h20H,4-9,15H2,1-3H3. The molecule has 0 saturated carbocycles. The molecule has 7 nitrogen and oxygen atoms in total. The van der Waals surface area contributed by atoms with Crippen molar-refractivity contribution >= 4 is 11.6 Å². The van der Waals surface area contributed by atoms with E-state index in [0.717, 1.165) is 0 Å². The van der Waals surface area contributed by atoms with Crippen LogP contribution in [0, 0.1) is 6.92 Å². The molecule has 1 aromatic rings. The third-order valence-corrected chi connectivity index (χ3v) is 3.98. The summed E-state index contributed by atoms with van der Waals surface area (Å²) in [6.45, 7) is 5.58. The topological polar surface area (TPSA) is 93.6 Å². The highest BCUT2D eigenvalue weighted by Crippen LogP contribution is 2.23. The minimum absolute atomic E-state index is 0.213. The molecule has 21 heavy (non-hydrogen) atoms. The summed E-state index contributed by atoms with van der Waals surface area (Å²) in [5.74, 6) is -0.213. The van der Waals surface area contributed by atoms with Gasteiger partial charge in [0.15, 0.2) is 0 Å². The van der Waals surface area contributed by atoms with Gasteiger partial charge in [0.1, 0.15) is 5.69 Å². The number of ether oxygens (including phenoxy) is 1. The molecule has 1 aliphatic heterocycles. The summed E-state index contributed by atoms with van der Waals surface area (Å²) in [5, 5.41) is 14.8. The van der Waals surface area contributed by atoms with Crippen LogP contribution in [-0.4, -0.2) is 58.1 Å². The van der Waals surface area contributed by atoms with Crippen LogP contribution in [-0.2, 0) is 11.3 Å². The summed E-state index contributed by atoms with van der Waals surface area (Å²) >= 11 is 0. The Balaban J connectivity index is 2.16. The number of rotatable bonds is 4. The number of anilines is 1. The summed E-state index contributed by atoms with van der Waals surface area (Å²) in [5.41, 5.74) is 6.54. The first-order valence-electron chi connectivity index (χ1n) is 7.26. The van der Waals surface area contributed by atoms with E-state index in [1.165, 1.54) is 4.90 Å². The molecule has 0 aliphatic carbocycles. The van der Waals surface area contributed by atoms with Crippen LogP contribution in [0.4, 0.5) is 5.69 Å². The van der Waals surface area contributed by atoms with Crippen molar-refractivity contribution in [3.63, 3.8) is 0 Å². The van der Waals surface area contributed by atoms with Crippen LogP contribution in [0.5, 0.6) is 0 Å². The smallest absolute Gasteiger partial charge is 0.274 e. The lowest BCUT2D eigenvalue weighted by atomic mass is 9.94. The fraction of sp³-hybridized carbons (Fsp3) is 0.714. The highest BCUT2D eigenvalue weighted by atomic mass is 16.5. The van der Waals surface area contributed by atoms with Crippen LogP contribution in [0.15, 0.2) is 0 Å². The fourth-order valence-corrected chi connectivity index (χ4v) is 2.65. The maximum Gasteiger partial charge on any atom is 0.274 e. The minimum atomic E-state index is -0.885. The molecule has 118 valence electrons. The van der Waals surface area contributed by atoms with Gasteiger partial charge in [-0.25, -0.2) is 0 Å². The molecule has 1 amide bonds. The van der Waals surface area contributed by atoms with Crippen molar-refractivity contribution in [2.45, 2.75) is 38.8 Å². The Morgan fingerprint density at radius 1 is 1.52 bits per heavy atom. The highest BCUT2D eigenvalue weighted by Gasteiger charge is 2.33. The van der Waals surface area contributed by atoms with Gasteiger partial charge >= 0.3 is 0 Å². The average Bonchev–Trinajstić information content (AvgIpc) is 2.73. The second kappa shape index (κ2) is 6.03. The first-order valence-corrected chi connectivity index (χ1v) is 7.26. The number of nitrogen functional groups attached to an aromatic ring is 1. The number of carbonyl (C=O) groups excluding carboxylic acids is 1. The number of carbonyl (C=O) groups is 1. The lowest BCUT2D eigenvalue weighted by Crippen LogP contribution is -2.47. The molecule has 3 N–H and O–H groups in total. The summed E-state index contributed by atoms with van der Waals surface area (Å²) in [6, 6.07) is 0. The number of nitrogens with two attached hydrogens (primary N) is 1. The molecule has 1 aliphatic rings. The number of hydrogen-bond donors (Lipinski definition) is 2. The summed E-state index contributed by atoms with van der Waals surface area (Å²) < 4.78 is 6.86. The summed E-state index contributed by atoms with van der Waals surface area (Å²) in [7, 11) is 1.68. The SMILES string of the molecule is CCn1nc(C)c(N)c1C(=O)N(C)CC1(O)CCOCC1. The van der Waals surface area contributed by atoms with E-state index in [4.69, 9.17) is 10.5 Å². The molecule has 0 radical (unpaired) electrons. The van der Waals surface area contributed by atoms with Crippen molar-refractivity contribution in [1.82, 2.24) is 14.7 Å². The molecule has 0 bridgehead atoms. The third-order valence-electron chi connectivity index (χ3n) is 3.98. The molecule has 1 fully saturated rings. The van der Waals surface area contributed by atoms with Gasteiger partial charge in [-0.1, -0.05) is 0 Å². The summed E-state index contributed by atoms with van der Waals surface area (Å²) in [4.78, 5) is 14.1. The maximum atomic E-state index is 12.6. The second-order valence-electron chi connectivity index (χ2n) is 5.66. The second-order valence-corrected chi connectivity index (χ2v) is 5.66. The number of aliphatic hydroxyl groups is 1. The van der Waals surface area contributed by atoms with Crippen LogP contribution in [0.25, 0.3) is 0 Å². The zero-order valence-corrected chi connectivity index (χ0v) is 12.9. The molecule has 2 rings (SSSR count). The number of likely N-dealkylation sites (N-methyl/N-ethyl adjacent to an activating group) is 1. The maximum absolute atomic E-state index is 12.6. The van der Waals surface area contributed by atoms with Crippen molar-refractivity contribution in [3.8, 4) is 0 Å². The lowest BCUT2D eigenvalue weighted by molar-refractivity contribution is -0.0735. The number of amides is 1. The molecule has 0 spiro atoms. The van der Waals surface area contributed by atoms with E-state index < -0.39 is 5.60 Å². The zero-order valence-electron chi connectivity index (χ0n) is 12.9. The molecular weight excluding hydrogens is 272 g/mol. The van der Waals surface area contributed by atoms with E-state index in [1.807, 2.05) is 6.92 Å². The van der Waals surface area contributed by atoms with Gasteiger partial charge in [0.05, 0.1) is 17.0 Å². The Bertz CT molecular complexity index is 521. The van der Waals surface area contributed by atoms with Crippen molar-refractivity contribution in [2.75, 3.05) is 32.5 Å². The quantitative estimate of drug-likeness (QED) is 0.839. The van der Waals surface area contributed by atoms with Gasteiger partial charge in [-0.05, 0) is 13.8 Å². The van der Waals surface area contributed by atoms with Crippen LogP contribution in [0.2, 0.25) is 0 Å². The molecule has 1 saturated heterocycles. The van der Waals surface area contributed by atoms with Crippen molar-refractivity contribution < 1.29 is 14.6 Å². The number of hydrogen-bond acceptors (Lipinski definition) is 5. The van der Waals surface area contributed by atoms with E-state index in [9.17, 15) is 9.90 Å².